The molecule has 1 aliphatic heterocycles. The van der Waals surface area contributed by atoms with Crippen molar-refractivity contribution in [1.29, 1.82) is 0 Å². The Kier molecular flexibility index (Phi) is 5.82. The second kappa shape index (κ2) is 8.57. The Morgan fingerprint density at radius 3 is 2.62 bits per heavy atom. The highest BCUT2D eigenvalue weighted by molar-refractivity contribution is 5.90. The summed E-state index contributed by atoms with van der Waals surface area (Å²) >= 11 is 0. The molecule has 1 aliphatic rings. The third-order valence-corrected chi connectivity index (χ3v) is 4.77. The highest BCUT2D eigenvalue weighted by Crippen LogP contribution is 2.30. The van der Waals surface area contributed by atoms with Gasteiger partial charge in [0, 0.05) is 25.4 Å². The maximum absolute atomic E-state index is 14.6. The lowest BCUT2D eigenvalue weighted by Gasteiger charge is -2.26. The quantitative estimate of drug-likeness (QED) is 0.597. The first-order chi connectivity index (χ1) is 15.2. The van der Waals surface area contributed by atoms with Gasteiger partial charge < -0.3 is 15.0 Å². The fourth-order valence-corrected chi connectivity index (χ4v) is 3.30. The lowest BCUT2D eigenvalue weighted by atomic mass is 10.3. The highest BCUT2D eigenvalue weighted by Gasteiger charge is 2.36. The number of hydrogen-bond acceptors (Lipinski definition) is 6. The van der Waals surface area contributed by atoms with Gasteiger partial charge in [0.1, 0.15) is 18.7 Å². The summed E-state index contributed by atoms with van der Waals surface area (Å²) in [6, 6.07) is 1.07. The second-order valence-corrected chi connectivity index (χ2v) is 7.17. The first-order valence-corrected chi connectivity index (χ1v) is 9.64. The topological polar surface area (TPSA) is 90.1 Å². The molecule has 0 radical (unpaired) electrons. The Morgan fingerprint density at radius 2 is 1.97 bits per heavy atom. The van der Waals surface area contributed by atoms with Crippen molar-refractivity contribution >= 4 is 17.4 Å². The normalized spacial score (nSPS) is 14.6. The number of ether oxygens (including phenoxy) is 1. The number of nitrogens with zero attached hydrogens (tertiary/aromatic N) is 6. The third kappa shape index (κ3) is 4.72. The van der Waals surface area contributed by atoms with Gasteiger partial charge in [-0.15, -0.1) is 0 Å². The summed E-state index contributed by atoms with van der Waals surface area (Å²) in [6.45, 7) is 3.32. The van der Waals surface area contributed by atoms with Crippen molar-refractivity contribution in [1.82, 2.24) is 24.3 Å². The molecule has 1 fully saturated rings. The van der Waals surface area contributed by atoms with E-state index in [-0.39, 0.29) is 17.1 Å². The molecule has 9 nitrogen and oxygen atoms in total. The molecule has 13 heteroatoms. The van der Waals surface area contributed by atoms with E-state index in [2.05, 4.69) is 20.4 Å². The highest BCUT2D eigenvalue weighted by atomic mass is 19.4. The van der Waals surface area contributed by atoms with Crippen LogP contribution in [0.15, 0.2) is 31.0 Å². The average molecular weight is 453 g/mol. The first kappa shape index (κ1) is 21.7. The Bertz CT molecular complexity index is 1120. The standard InChI is InChI=1S/C19H19F4N7O2/c1-12-8-30(27-17(12)19(21,22)23)10-16(31)26-13-6-14(20)18(24-7-13)29-9-15(25-11-29)28-2-4-32-5-3-28/h6-9,11H,2-5,10H2,1H3,(H,26,31). The molecule has 1 saturated heterocycles. The molecule has 3 aromatic heterocycles. The molecule has 1 amide bonds. The number of pyridine rings is 1. The average Bonchev–Trinajstić information content (AvgIpc) is 3.35. The predicted molar refractivity (Wildman–Crippen MR) is 105 cm³/mol. The minimum absolute atomic E-state index is 0.00692. The van der Waals surface area contributed by atoms with Gasteiger partial charge in [-0.3, -0.25) is 14.0 Å². The van der Waals surface area contributed by atoms with Gasteiger partial charge in [-0.25, -0.2) is 14.4 Å². The molecule has 4 heterocycles. The number of halogens is 4. The number of morpholine rings is 1. The smallest absolute Gasteiger partial charge is 0.378 e. The molecule has 32 heavy (non-hydrogen) atoms. The van der Waals surface area contributed by atoms with Crippen molar-refractivity contribution in [2.45, 2.75) is 19.6 Å². The number of hydrogen-bond donors (Lipinski definition) is 1. The Balaban J connectivity index is 1.42. The zero-order valence-corrected chi connectivity index (χ0v) is 16.9. The number of anilines is 2. The van der Waals surface area contributed by atoms with Gasteiger partial charge in [-0.2, -0.15) is 18.3 Å². The van der Waals surface area contributed by atoms with Crippen molar-refractivity contribution in [3.8, 4) is 5.82 Å². The molecule has 4 rings (SSSR count). The largest absolute Gasteiger partial charge is 0.435 e. The maximum atomic E-state index is 14.6. The molecule has 0 bridgehead atoms. The van der Waals surface area contributed by atoms with Crippen LogP contribution in [0.4, 0.5) is 29.1 Å². The van der Waals surface area contributed by atoms with Crippen molar-refractivity contribution in [2.24, 2.45) is 0 Å². The second-order valence-electron chi connectivity index (χ2n) is 7.17. The van der Waals surface area contributed by atoms with Crippen LogP contribution < -0.4 is 10.2 Å². The summed E-state index contributed by atoms with van der Waals surface area (Å²) < 4.78 is 60.7. The van der Waals surface area contributed by atoms with Crippen LogP contribution in [-0.4, -0.2) is 56.5 Å². The van der Waals surface area contributed by atoms with E-state index in [4.69, 9.17) is 4.74 Å². The Morgan fingerprint density at radius 1 is 1.22 bits per heavy atom. The minimum Gasteiger partial charge on any atom is -0.378 e. The number of nitrogens with one attached hydrogen (secondary N) is 1. The molecule has 1 N–H and O–H groups in total. The summed E-state index contributed by atoms with van der Waals surface area (Å²) in [7, 11) is 0. The van der Waals surface area contributed by atoms with Crippen LogP contribution in [0.2, 0.25) is 0 Å². The van der Waals surface area contributed by atoms with Gasteiger partial charge in [0.05, 0.1) is 31.3 Å². The summed E-state index contributed by atoms with van der Waals surface area (Å²) in [5.74, 6) is -0.720. The van der Waals surface area contributed by atoms with Gasteiger partial charge in [0.25, 0.3) is 0 Å². The molecule has 170 valence electrons. The van der Waals surface area contributed by atoms with Gasteiger partial charge in [-0.1, -0.05) is 0 Å². The van der Waals surface area contributed by atoms with Crippen molar-refractivity contribution in [3.63, 3.8) is 0 Å². The molecule has 0 spiro atoms. The molecule has 0 atom stereocenters. The zero-order valence-electron chi connectivity index (χ0n) is 16.9. The van der Waals surface area contributed by atoms with Gasteiger partial charge in [0.2, 0.25) is 5.91 Å². The number of imidazole rings is 1. The fraction of sp³-hybridized carbons (Fsp3) is 0.368. The van der Waals surface area contributed by atoms with Crippen LogP contribution in [-0.2, 0) is 22.3 Å². The number of aromatic nitrogens is 5. The summed E-state index contributed by atoms with van der Waals surface area (Å²) in [4.78, 5) is 22.5. The number of amides is 1. The van der Waals surface area contributed by atoms with Crippen molar-refractivity contribution in [3.05, 3.63) is 48.1 Å². The molecule has 3 aromatic rings. The molecule has 0 aliphatic carbocycles. The fourth-order valence-electron chi connectivity index (χ4n) is 3.30. The third-order valence-electron chi connectivity index (χ3n) is 4.77. The number of carbonyl (C=O) groups is 1. The van der Waals surface area contributed by atoms with Crippen molar-refractivity contribution < 1.29 is 27.1 Å². The molecular formula is C19H19F4N7O2. The van der Waals surface area contributed by atoms with E-state index in [9.17, 15) is 22.4 Å². The van der Waals surface area contributed by atoms with Gasteiger partial charge >= 0.3 is 6.18 Å². The molecule has 0 saturated carbocycles. The van der Waals surface area contributed by atoms with E-state index in [1.54, 1.807) is 6.20 Å². The number of alkyl halides is 3. The SMILES string of the molecule is Cc1cn(CC(=O)Nc2cnc(-n3cnc(N4CCOCC4)c3)c(F)c2)nc1C(F)(F)F. The van der Waals surface area contributed by atoms with E-state index in [0.717, 1.165) is 16.9 Å². The predicted octanol–water partition coefficient (Wildman–Crippen LogP) is 2.41. The molecular weight excluding hydrogens is 434 g/mol. The number of carbonyl (C=O) groups excluding carboxylic acids is 1. The lowest BCUT2D eigenvalue weighted by Crippen LogP contribution is -2.36. The summed E-state index contributed by atoms with van der Waals surface area (Å²) in [6.07, 6.45) is 0.847. The number of rotatable bonds is 5. The first-order valence-electron chi connectivity index (χ1n) is 9.64. The Hall–Kier alpha value is -3.48. The molecule has 0 unspecified atom stereocenters. The lowest BCUT2D eigenvalue weighted by molar-refractivity contribution is -0.142. The van der Waals surface area contributed by atoms with Crippen molar-refractivity contribution in [2.75, 3.05) is 36.5 Å². The number of aryl methyl sites for hydroxylation is 1. The van der Waals surface area contributed by atoms with Crippen LogP contribution in [0.25, 0.3) is 5.82 Å². The minimum atomic E-state index is -4.61. The van der Waals surface area contributed by atoms with Crippen LogP contribution in [0.1, 0.15) is 11.3 Å². The van der Waals surface area contributed by atoms with E-state index in [0.29, 0.717) is 32.1 Å². The van der Waals surface area contributed by atoms with Crippen LogP contribution in [0.5, 0.6) is 0 Å². The monoisotopic (exact) mass is 453 g/mol. The summed E-state index contributed by atoms with van der Waals surface area (Å²) in [5.41, 5.74) is -1.09. The van der Waals surface area contributed by atoms with E-state index in [1.807, 2.05) is 4.90 Å². The Labute approximate surface area is 179 Å². The van der Waals surface area contributed by atoms with E-state index < -0.39 is 30.1 Å². The van der Waals surface area contributed by atoms with E-state index >= 15 is 0 Å². The van der Waals surface area contributed by atoms with Crippen LogP contribution in [0.3, 0.4) is 0 Å². The maximum Gasteiger partial charge on any atom is 0.435 e. The summed E-state index contributed by atoms with van der Waals surface area (Å²) in [5, 5.41) is 5.80. The van der Waals surface area contributed by atoms with Crippen LogP contribution in [0, 0.1) is 12.7 Å². The molecule has 0 aromatic carbocycles. The van der Waals surface area contributed by atoms with Gasteiger partial charge in [-0.05, 0) is 12.5 Å². The van der Waals surface area contributed by atoms with E-state index in [1.165, 1.54) is 24.0 Å². The van der Waals surface area contributed by atoms with Gasteiger partial charge in [0.15, 0.2) is 17.3 Å². The zero-order chi connectivity index (χ0) is 22.9. The van der Waals surface area contributed by atoms with Crippen LogP contribution >= 0.6 is 0 Å².